The van der Waals surface area contributed by atoms with E-state index < -0.39 is 6.03 Å². The maximum absolute atomic E-state index is 10.3. The monoisotopic (exact) mass is 149 g/mol. The molecule has 0 saturated carbocycles. The van der Waals surface area contributed by atoms with Crippen LogP contribution in [0, 0.1) is 0 Å². The Balaban J connectivity index is 2.45. The summed E-state index contributed by atoms with van der Waals surface area (Å²) < 4.78 is 0. The molecule has 0 aliphatic carbocycles. The summed E-state index contributed by atoms with van der Waals surface area (Å²) in [7, 11) is 0. The van der Waals surface area contributed by atoms with Crippen LogP contribution in [0.25, 0.3) is 0 Å². The van der Waals surface area contributed by atoms with Crippen molar-refractivity contribution in [2.24, 2.45) is 5.73 Å². The smallest absolute Gasteiger partial charge is 0.312 e. The standard InChI is InChI=1S/C8H10N2O/c9-8(11)10-6-7-4-2-1-3-5-7/h1-5H,6H2,(H3,9,10,11)/i9-1. The Morgan fingerprint density at radius 2 is 2.00 bits per heavy atom. The van der Waals surface area contributed by atoms with E-state index in [4.69, 9.17) is 5.73 Å². The normalized spacial score (nSPS) is 9.09. The summed E-state index contributed by atoms with van der Waals surface area (Å²) in [5, 5.41) is 2.50. The highest BCUT2D eigenvalue weighted by Gasteiger charge is 1.91. The van der Waals surface area contributed by atoms with E-state index >= 15 is 0 Å². The van der Waals surface area contributed by atoms with Gasteiger partial charge in [-0.2, -0.15) is 0 Å². The highest BCUT2D eigenvalue weighted by Crippen LogP contribution is 1.96. The van der Waals surface area contributed by atoms with Crippen LogP contribution in [0.4, 0.5) is 4.79 Å². The molecule has 1 aromatic carbocycles. The van der Waals surface area contributed by atoms with Crippen LogP contribution < -0.4 is 11.1 Å². The molecule has 11 heavy (non-hydrogen) atoms. The number of rotatable bonds is 2. The molecule has 0 spiro atoms. The first-order chi connectivity index (χ1) is 5.29. The molecule has 0 unspecified atom stereocenters. The Morgan fingerprint density at radius 1 is 1.36 bits per heavy atom. The van der Waals surface area contributed by atoms with E-state index in [9.17, 15) is 4.79 Å². The van der Waals surface area contributed by atoms with Gasteiger partial charge in [0.15, 0.2) is 0 Å². The number of primary amides is 1. The van der Waals surface area contributed by atoms with Gasteiger partial charge >= 0.3 is 6.03 Å². The van der Waals surface area contributed by atoms with Crippen LogP contribution in [0.2, 0.25) is 0 Å². The number of carbonyl (C=O) groups is 1. The fourth-order valence-electron chi connectivity index (χ4n) is 0.785. The molecule has 0 aliphatic heterocycles. The molecule has 0 bridgehead atoms. The Morgan fingerprint density at radius 3 is 2.55 bits per heavy atom. The van der Waals surface area contributed by atoms with E-state index in [0.29, 0.717) is 6.54 Å². The molecule has 0 fully saturated rings. The van der Waals surface area contributed by atoms with Crippen molar-refractivity contribution in [3.05, 3.63) is 35.9 Å². The average Bonchev–Trinajstić information content (AvgIpc) is 2.03. The fourth-order valence-corrected chi connectivity index (χ4v) is 0.785. The van der Waals surface area contributed by atoms with Crippen molar-refractivity contribution in [1.82, 2.24) is 5.32 Å². The largest absolute Gasteiger partial charge is 0.352 e. The van der Waals surface area contributed by atoms with Crippen molar-refractivity contribution in [2.75, 3.05) is 0 Å². The van der Waals surface area contributed by atoms with Gasteiger partial charge in [-0.15, -0.1) is 0 Å². The quantitative estimate of drug-likeness (QED) is 0.643. The number of hydrogen-bond donors (Lipinski definition) is 2. The molecule has 0 aromatic heterocycles. The van der Waals surface area contributed by atoms with E-state index in [0.717, 1.165) is 5.56 Å². The van der Waals surface area contributed by atoms with Gasteiger partial charge in [-0.3, -0.25) is 0 Å². The van der Waals surface area contributed by atoms with E-state index in [1.807, 2.05) is 30.3 Å². The number of urea groups is 1. The van der Waals surface area contributed by atoms with E-state index in [-0.39, 0.29) is 0 Å². The second-order valence-corrected chi connectivity index (χ2v) is 2.20. The minimum Gasteiger partial charge on any atom is -0.352 e. The minimum atomic E-state index is -0.492. The Hall–Kier alpha value is -1.51. The summed E-state index contributed by atoms with van der Waals surface area (Å²) in [5.74, 6) is 0. The molecule has 1 rings (SSSR count). The first kappa shape index (κ1) is 7.60. The molecule has 3 N–H and O–H groups in total. The van der Waals surface area contributed by atoms with Gasteiger partial charge < -0.3 is 11.1 Å². The van der Waals surface area contributed by atoms with Crippen LogP contribution in [-0.4, -0.2) is 6.03 Å². The lowest BCUT2D eigenvalue weighted by Gasteiger charge is -1.99. The lowest BCUT2D eigenvalue weighted by atomic mass is 10.2. The molecule has 3 heteroatoms. The van der Waals surface area contributed by atoms with Gasteiger partial charge in [-0.1, -0.05) is 30.3 Å². The van der Waals surface area contributed by atoms with Crippen LogP contribution >= 0.6 is 0 Å². The van der Waals surface area contributed by atoms with Crippen molar-refractivity contribution in [2.45, 2.75) is 6.54 Å². The summed E-state index contributed by atoms with van der Waals surface area (Å²) in [6.45, 7) is 0.496. The minimum absolute atomic E-state index is 0.492. The summed E-state index contributed by atoms with van der Waals surface area (Å²) in [4.78, 5) is 10.3. The molecule has 2 amide bonds. The highest BCUT2D eigenvalue weighted by molar-refractivity contribution is 5.71. The van der Waals surface area contributed by atoms with Gasteiger partial charge in [-0.05, 0) is 5.56 Å². The third kappa shape index (κ3) is 2.71. The summed E-state index contributed by atoms with van der Waals surface area (Å²) in [5.41, 5.74) is 5.94. The molecule has 0 saturated heterocycles. The van der Waals surface area contributed by atoms with E-state index in [1.165, 1.54) is 0 Å². The van der Waals surface area contributed by atoms with Crippen molar-refractivity contribution >= 4 is 6.03 Å². The summed E-state index contributed by atoms with van der Waals surface area (Å²) >= 11 is 0. The number of benzene rings is 1. The molecule has 3 nitrogen and oxygen atoms in total. The lowest BCUT2D eigenvalue weighted by Crippen LogP contribution is -2.28. The predicted molar refractivity (Wildman–Crippen MR) is 42.9 cm³/mol. The topological polar surface area (TPSA) is 55.1 Å². The SMILES string of the molecule is [13NH2]C(=O)NCc1ccccc1. The Kier molecular flexibility index (Phi) is 2.49. The van der Waals surface area contributed by atoms with Crippen molar-refractivity contribution < 1.29 is 4.79 Å². The van der Waals surface area contributed by atoms with Crippen LogP contribution in [0.15, 0.2) is 30.3 Å². The highest BCUT2D eigenvalue weighted by atomic mass is 16.2. The van der Waals surface area contributed by atoms with Crippen LogP contribution in [-0.2, 0) is 6.54 Å². The maximum atomic E-state index is 10.3. The molecule has 0 heterocycles. The second-order valence-electron chi connectivity index (χ2n) is 2.20. The predicted octanol–water partition coefficient (Wildman–Crippen LogP) is 0.855. The Bertz CT molecular complexity index is 233. The number of nitrogens with two attached hydrogens (primary N) is 1. The number of amides is 2. The molecule has 0 atom stereocenters. The van der Waals surface area contributed by atoms with E-state index in [1.54, 1.807) is 0 Å². The van der Waals surface area contributed by atoms with Gasteiger partial charge in [0, 0.05) is 6.54 Å². The number of hydrogen-bond acceptors (Lipinski definition) is 1. The number of nitrogens with one attached hydrogen (secondary N) is 1. The van der Waals surface area contributed by atoms with Crippen LogP contribution in [0.3, 0.4) is 0 Å². The zero-order valence-corrected chi connectivity index (χ0v) is 6.08. The van der Waals surface area contributed by atoms with Gasteiger partial charge in [0.1, 0.15) is 0 Å². The second kappa shape index (κ2) is 3.61. The summed E-state index contributed by atoms with van der Waals surface area (Å²) in [6.07, 6.45) is 0. The molecular weight excluding hydrogens is 139 g/mol. The van der Waals surface area contributed by atoms with Crippen molar-refractivity contribution in [1.29, 1.82) is 0 Å². The third-order valence-corrected chi connectivity index (χ3v) is 1.31. The zero-order chi connectivity index (χ0) is 8.10. The van der Waals surface area contributed by atoms with Crippen LogP contribution in [0.1, 0.15) is 5.56 Å². The first-order valence-electron chi connectivity index (χ1n) is 3.36. The van der Waals surface area contributed by atoms with Crippen molar-refractivity contribution in [3.8, 4) is 0 Å². The summed E-state index contributed by atoms with van der Waals surface area (Å²) in [6, 6.07) is 9.12. The lowest BCUT2D eigenvalue weighted by molar-refractivity contribution is 0.248. The molecule has 0 radical (unpaired) electrons. The van der Waals surface area contributed by atoms with Crippen molar-refractivity contribution in [3.63, 3.8) is 0 Å². The van der Waals surface area contributed by atoms with Gasteiger partial charge in [0.25, 0.3) is 0 Å². The molecule has 1 aromatic rings. The molecule has 58 valence electrons. The fraction of sp³-hybridized carbons (Fsp3) is 0.125. The number of carbonyl (C=O) groups excluding carboxylic acids is 1. The molecular formula is C8H10N2O. The van der Waals surface area contributed by atoms with Gasteiger partial charge in [0.2, 0.25) is 0 Å². The van der Waals surface area contributed by atoms with E-state index in [2.05, 4.69) is 5.32 Å². The zero-order valence-electron chi connectivity index (χ0n) is 6.08. The van der Waals surface area contributed by atoms with Gasteiger partial charge in [0.05, 0.1) is 0 Å². The van der Waals surface area contributed by atoms with Gasteiger partial charge in [-0.25, -0.2) is 4.79 Å². The first-order valence-corrected chi connectivity index (χ1v) is 3.36. The van der Waals surface area contributed by atoms with Crippen LogP contribution in [0.5, 0.6) is 0 Å². The molecule has 0 aliphatic rings. The average molecular weight is 149 g/mol. The maximum Gasteiger partial charge on any atom is 0.312 e. The Labute approximate surface area is 65.2 Å². The third-order valence-electron chi connectivity index (χ3n) is 1.31.